The maximum Gasteiger partial charge on any atom is 0.264 e. The van der Waals surface area contributed by atoms with Crippen molar-refractivity contribution in [3.8, 4) is 17.7 Å². The van der Waals surface area contributed by atoms with Crippen molar-refractivity contribution < 1.29 is 28.8 Å². The first kappa shape index (κ1) is 24.3. The van der Waals surface area contributed by atoms with E-state index < -0.39 is 18.2 Å². The third kappa shape index (κ3) is 5.32. The van der Waals surface area contributed by atoms with Gasteiger partial charge in [-0.2, -0.15) is 15.2 Å². The van der Waals surface area contributed by atoms with Gasteiger partial charge in [-0.15, -0.1) is 0 Å². The standard InChI is InChI=1S/C23H26N6O6/c1-14-16(11-30)35-22(19(14)32-2)29-13-25-18-20(29)27-23(28-21(18)33-10-6-9-24)26-17(31)12-34-15-7-4-3-5-8-15/h3-5,7-8,13-14,16,19,22,30H,6,10-12H2,1-2H3,(H,26,27,28,31)/t14?,16-,19+,22-/m1/s1. The molecule has 1 aliphatic heterocycles. The first-order valence-corrected chi connectivity index (χ1v) is 11.1. The van der Waals surface area contributed by atoms with Gasteiger partial charge in [0.25, 0.3) is 5.91 Å². The molecule has 184 valence electrons. The van der Waals surface area contributed by atoms with Gasteiger partial charge in [-0.05, 0) is 12.1 Å². The molecule has 12 heteroatoms. The number of hydrogen-bond donors (Lipinski definition) is 2. The molecule has 3 heterocycles. The van der Waals surface area contributed by atoms with Crippen LogP contribution in [0, 0.1) is 17.2 Å². The van der Waals surface area contributed by atoms with Gasteiger partial charge in [0.1, 0.15) is 18.5 Å². The molecule has 12 nitrogen and oxygen atoms in total. The summed E-state index contributed by atoms with van der Waals surface area (Å²) in [4.78, 5) is 25.6. The Kier molecular flexibility index (Phi) is 7.71. The highest BCUT2D eigenvalue weighted by molar-refractivity contribution is 5.91. The number of imidazole rings is 1. The van der Waals surface area contributed by atoms with E-state index in [0.29, 0.717) is 16.9 Å². The highest BCUT2D eigenvalue weighted by Crippen LogP contribution is 2.37. The van der Waals surface area contributed by atoms with Gasteiger partial charge in [0.15, 0.2) is 24.0 Å². The van der Waals surface area contributed by atoms with E-state index in [1.165, 1.54) is 6.33 Å². The van der Waals surface area contributed by atoms with Crippen molar-refractivity contribution in [3.05, 3.63) is 36.7 Å². The van der Waals surface area contributed by atoms with Crippen LogP contribution in [0.5, 0.6) is 11.6 Å². The van der Waals surface area contributed by atoms with Gasteiger partial charge in [-0.25, -0.2) is 4.98 Å². The summed E-state index contributed by atoms with van der Waals surface area (Å²) in [5.74, 6) is 0.0841. The topological polar surface area (TPSA) is 154 Å². The Morgan fingerprint density at radius 2 is 2.09 bits per heavy atom. The summed E-state index contributed by atoms with van der Waals surface area (Å²) in [5.41, 5.74) is 0.670. The maximum absolute atomic E-state index is 12.5. The number of nitriles is 1. The molecule has 0 spiro atoms. The zero-order valence-corrected chi connectivity index (χ0v) is 19.3. The molecule has 1 aliphatic rings. The van der Waals surface area contributed by atoms with Crippen molar-refractivity contribution in [1.29, 1.82) is 5.26 Å². The summed E-state index contributed by atoms with van der Waals surface area (Å²) >= 11 is 0. The summed E-state index contributed by atoms with van der Waals surface area (Å²) < 4.78 is 24.5. The molecule has 0 bridgehead atoms. The number of aromatic nitrogens is 4. The lowest BCUT2D eigenvalue weighted by Gasteiger charge is -2.20. The van der Waals surface area contributed by atoms with Crippen molar-refractivity contribution in [2.24, 2.45) is 5.92 Å². The molecule has 3 aromatic rings. The second kappa shape index (κ2) is 11.1. The van der Waals surface area contributed by atoms with E-state index in [9.17, 15) is 9.90 Å². The maximum atomic E-state index is 12.5. The number of methoxy groups -OCH3 is 1. The van der Waals surface area contributed by atoms with Crippen LogP contribution in [-0.4, -0.2) is 69.7 Å². The van der Waals surface area contributed by atoms with Crippen LogP contribution >= 0.6 is 0 Å². The number of aliphatic hydroxyl groups is 1. The van der Waals surface area contributed by atoms with E-state index >= 15 is 0 Å². The minimum Gasteiger partial charge on any atom is -0.484 e. The molecule has 2 aromatic heterocycles. The Hall–Kier alpha value is -3.79. The van der Waals surface area contributed by atoms with Crippen LogP contribution in [0.15, 0.2) is 36.7 Å². The number of anilines is 1. The average molecular weight is 482 g/mol. The van der Waals surface area contributed by atoms with Crippen LogP contribution in [0.4, 0.5) is 5.95 Å². The Morgan fingerprint density at radius 3 is 2.80 bits per heavy atom. The van der Waals surface area contributed by atoms with Crippen molar-refractivity contribution in [1.82, 2.24) is 19.5 Å². The minimum absolute atomic E-state index is 0.0217. The Bertz CT molecular complexity index is 1200. The number of hydrogen-bond acceptors (Lipinski definition) is 10. The normalized spacial score (nSPS) is 21.5. The fourth-order valence-corrected chi connectivity index (χ4v) is 3.87. The second-order valence-electron chi connectivity index (χ2n) is 7.89. The van der Waals surface area contributed by atoms with E-state index in [1.54, 1.807) is 35.9 Å². The molecule has 35 heavy (non-hydrogen) atoms. The first-order valence-electron chi connectivity index (χ1n) is 11.1. The molecule has 1 saturated heterocycles. The number of benzene rings is 1. The van der Waals surface area contributed by atoms with Crippen LogP contribution in [-0.2, 0) is 14.3 Å². The molecule has 1 unspecified atom stereocenters. The quantitative estimate of drug-likeness (QED) is 0.408. The van der Waals surface area contributed by atoms with Gasteiger partial charge in [0.2, 0.25) is 11.8 Å². The number of amides is 1. The highest BCUT2D eigenvalue weighted by atomic mass is 16.6. The van der Waals surface area contributed by atoms with E-state index in [-0.39, 0.29) is 50.1 Å². The highest BCUT2D eigenvalue weighted by Gasteiger charge is 2.43. The van der Waals surface area contributed by atoms with Gasteiger partial charge in [0, 0.05) is 13.0 Å². The number of ether oxygens (including phenoxy) is 4. The fraction of sp³-hybridized carbons (Fsp3) is 0.435. The zero-order chi connectivity index (χ0) is 24.8. The summed E-state index contributed by atoms with van der Waals surface area (Å²) in [6, 6.07) is 10.9. The molecule has 1 amide bonds. The molecule has 1 fully saturated rings. The van der Waals surface area contributed by atoms with Gasteiger partial charge in [-0.1, -0.05) is 25.1 Å². The number of nitrogens with one attached hydrogen (secondary N) is 1. The number of carbonyl (C=O) groups is 1. The Labute approximate surface area is 201 Å². The van der Waals surface area contributed by atoms with Crippen LogP contribution in [0.2, 0.25) is 0 Å². The van der Waals surface area contributed by atoms with Crippen LogP contribution < -0.4 is 14.8 Å². The van der Waals surface area contributed by atoms with E-state index in [1.807, 2.05) is 19.1 Å². The third-order valence-corrected chi connectivity index (χ3v) is 5.63. The lowest BCUT2D eigenvalue weighted by Crippen LogP contribution is -2.27. The van der Waals surface area contributed by atoms with Crippen LogP contribution in [0.1, 0.15) is 19.6 Å². The Morgan fingerprint density at radius 1 is 1.29 bits per heavy atom. The molecule has 1 aromatic carbocycles. The largest absolute Gasteiger partial charge is 0.484 e. The monoisotopic (exact) mass is 482 g/mol. The first-order chi connectivity index (χ1) is 17.0. The molecular weight excluding hydrogens is 456 g/mol. The van der Waals surface area contributed by atoms with Crippen LogP contribution in [0.25, 0.3) is 11.2 Å². The van der Waals surface area contributed by atoms with Gasteiger partial charge >= 0.3 is 0 Å². The fourth-order valence-electron chi connectivity index (χ4n) is 3.87. The van der Waals surface area contributed by atoms with Gasteiger partial charge < -0.3 is 24.1 Å². The predicted octanol–water partition coefficient (Wildman–Crippen LogP) is 1.68. The molecule has 2 N–H and O–H groups in total. The molecule has 0 radical (unpaired) electrons. The predicted molar refractivity (Wildman–Crippen MR) is 123 cm³/mol. The number of para-hydroxylation sites is 1. The zero-order valence-electron chi connectivity index (χ0n) is 19.3. The van der Waals surface area contributed by atoms with Gasteiger partial charge in [-0.3, -0.25) is 14.7 Å². The smallest absolute Gasteiger partial charge is 0.264 e. The number of fused-ring (bicyclic) bond motifs is 1. The summed E-state index contributed by atoms with van der Waals surface area (Å²) in [7, 11) is 1.57. The van der Waals surface area contributed by atoms with Crippen LogP contribution in [0.3, 0.4) is 0 Å². The molecule has 0 saturated carbocycles. The number of aliphatic hydroxyl groups excluding tert-OH is 1. The van der Waals surface area contributed by atoms with E-state index in [2.05, 4.69) is 20.3 Å². The average Bonchev–Trinajstić information content (AvgIpc) is 3.43. The van der Waals surface area contributed by atoms with E-state index in [0.717, 1.165) is 0 Å². The summed E-state index contributed by atoms with van der Waals surface area (Å²) in [6.07, 6.45) is 0.240. The number of nitrogens with zero attached hydrogens (tertiary/aromatic N) is 5. The Balaban J connectivity index is 1.62. The number of rotatable bonds is 10. The molecule has 4 atom stereocenters. The second-order valence-corrected chi connectivity index (χ2v) is 7.89. The van der Waals surface area contributed by atoms with Gasteiger partial charge in [0.05, 0.1) is 31.5 Å². The van der Waals surface area contributed by atoms with Crippen molar-refractivity contribution in [2.75, 3.05) is 32.2 Å². The molecule has 4 rings (SSSR count). The summed E-state index contributed by atoms with van der Waals surface area (Å²) in [5, 5.41) is 21.2. The van der Waals surface area contributed by atoms with Crippen molar-refractivity contribution in [2.45, 2.75) is 31.8 Å². The lowest BCUT2D eigenvalue weighted by atomic mass is 10.0. The number of carbonyl (C=O) groups excluding carboxylic acids is 1. The molecule has 0 aliphatic carbocycles. The third-order valence-electron chi connectivity index (χ3n) is 5.63. The summed E-state index contributed by atoms with van der Waals surface area (Å²) in [6.45, 7) is 1.61. The SMILES string of the molecule is CO[C@H]1C(C)[C@@H](CO)O[C@H]1n1cnc2c(OCCC#N)nc(NC(=O)COc3ccccc3)nc21. The van der Waals surface area contributed by atoms with E-state index in [4.69, 9.17) is 24.2 Å². The van der Waals surface area contributed by atoms with Crippen molar-refractivity contribution in [3.63, 3.8) is 0 Å². The minimum atomic E-state index is -0.621. The van der Waals surface area contributed by atoms with Crippen molar-refractivity contribution >= 4 is 23.0 Å². The molecular formula is C23H26N6O6. The lowest BCUT2D eigenvalue weighted by molar-refractivity contribution is -0.118.